The van der Waals surface area contributed by atoms with Gasteiger partial charge in [-0.05, 0) is 6.42 Å². The zero-order valence-corrected chi connectivity index (χ0v) is 16.7. The normalized spacial score (nSPS) is 10.3. The maximum Gasteiger partial charge on any atom is 0.407 e. The Hall–Kier alpha value is -1.52. The summed E-state index contributed by atoms with van der Waals surface area (Å²) >= 11 is 0. The number of esters is 1. The van der Waals surface area contributed by atoms with Crippen LogP contribution in [0.3, 0.4) is 0 Å². The zero-order chi connectivity index (χ0) is 19.3. The van der Waals surface area contributed by atoms with E-state index in [1.54, 1.807) is 0 Å². The summed E-state index contributed by atoms with van der Waals surface area (Å²) in [5, 5.41) is 2.33. The third-order valence-electron chi connectivity index (χ3n) is 4.22. The summed E-state index contributed by atoms with van der Waals surface area (Å²) in [7, 11) is 0. The molecule has 0 radical (unpaired) electrons. The van der Waals surface area contributed by atoms with Gasteiger partial charge in [0.1, 0.15) is 13.2 Å². The van der Waals surface area contributed by atoms with E-state index in [9.17, 15) is 9.59 Å². The smallest absolute Gasteiger partial charge is 0.407 e. The van der Waals surface area contributed by atoms with Crippen LogP contribution in [-0.4, -0.2) is 31.8 Å². The molecule has 0 saturated carbocycles. The minimum atomic E-state index is -0.636. The predicted octanol–water partition coefficient (Wildman–Crippen LogP) is 5.53. The van der Waals surface area contributed by atoms with Crippen LogP contribution in [-0.2, 0) is 14.3 Å². The van der Waals surface area contributed by atoms with E-state index < -0.39 is 12.1 Å². The molecule has 1 amide bonds. The molecule has 152 valence electrons. The number of rotatable bonds is 18. The standard InChI is InChI=1S/C21H39NO4/c1-3-5-6-7-8-9-10-11-12-13-14-15-16-18-25-20(23)19-22-21(24)26-17-4-2/h4H,2-3,5-19H2,1H3,(H,22,24). The van der Waals surface area contributed by atoms with E-state index in [0.29, 0.717) is 6.61 Å². The van der Waals surface area contributed by atoms with Crippen molar-refractivity contribution in [1.29, 1.82) is 0 Å². The van der Waals surface area contributed by atoms with E-state index in [-0.39, 0.29) is 13.2 Å². The van der Waals surface area contributed by atoms with Gasteiger partial charge in [-0.2, -0.15) is 0 Å². The summed E-state index contributed by atoms with van der Waals surface area (Å²) in [5.74, 6) is -0.431. The molecule has 5 heteroatoms. The van der Waals surface area contributed by atoms with Crippen molar-refractivity contribution in [3.05, 3.63) is 12.7 Å². The van der Waals surface area contributed by atoms with E-state index in [2.05, 4.69) is 18.8 Å². The summed E-state index contributed by atoms with van der Waals surface area (Å²) in [6.45, 7) is 6.07. The van der Waals surface area contributed by atoms with Crippen LogP contribution < -0.4 is 5.32 Å². The Morgan fingerprint density at radius 2 is 1.31 bits per heavy atom. The summed E-state index contributed by atoms with van der Waals surface area (Å²) in [6.07, 6.45) is 17.6. The van der Waals surface area contributed by atoms with E-state index in [1.807, 2.05) is 0 Å². The second-order valence-electron chi connectivity index (χ2n) is 6.70. The lowest BCUT2D eigenvalue weighted by atomic mass is 10.0. The van der Waals surface area contributed by atoms with E-state index in [0.717, 1.165) is 12.8 Å². The second-order valence-corrected chi connectivity index (χ2v) is 6.70. The molecule has 0 fully saturated rings. The molecule has 0 spiro atoms. The fraction of sp³-hybridized carbons (Fsp3) is 0.810. The number of carbonyl (C=O) groups excluding carboxylic acids is 2. The van der Waals surface area contributed by atoms with Crippen LogP contribution in [0.5, 0.6) is 0 Å². The molecule has 0 aliphatic heterocycles. The Bertz CT molecular complexity index is 358. The van der Waals surface area contributed by atoms with Gasteiger partial charge in [0.25, 0.3) is 0 Å². The van der Waals surface area contributed by atoms with E-state index >= 15 is 0 Å². The Kier molecular flexibility index (Phi) is 18.6. The molecule has 0 aromatic heterocycles. The Labute approximate surface area is 159 Å². The SMILES string of the molecule is C=CCOC(=O)NCC(=O)OCCCCCCCCCCCCCCC. The molecule has 0 saturated heterocycles. The number of carbonyl (C=O) groups is 2. The fourth-order valence-electron chi connectivity index (χ4n) is 2.69. The Morgan fingerprint density at radius 1 is 0.808 bits per heavy atom. The minimum absolute atomic E-state index is 0.125. The number of hydrogen-bond acceptors (Lipinski definition) is 4. The summed E-state index contributed by atoms with van der Waals surface area (Å²) in [4.78, 5) is 22.5. The van der Waals surface area contributed by atoms with Gasteiger partial charge in [-0.3, -0.25) is 4.79 Å². The highest BCUT2D eigenvalue weighted by Crippen LogP contribution is 2.12. The molecule has 0 heterocycles. The van der Waals surface area contributed by atoms with Gasteiger partial charge < -0.3 is 14.8 Å². The number of ether oxygens (including phenoxy) is 2. The molecule has 0 atom stereocenters. The van der Waals surface area contributed by atoms with Gasteiger partial charge in [-0.25, -0.2) is 4.79 Å². The number of nitrogens with one attached hydrogen (secondary N) is 1. The van der Waals surface area contributed by atoms with Crippen molar-refractivity contribution in [3.63, 3.8) is 0 Å². The molecule has 5 nitrogen and oxygen atoms in total. The van der Waals surface area contributed by atoms with Crippen LogP contribution in [0.15, 0.2) is 12.7 Å². The molecule has 0 aromatic rings. The molecule has 26 heavy (non-hydrogen) atoms. The third kappa shape index (κ3) is 18.8. The van der Waals surface area contributed by atoms with Crippen molar-refractivity contribution < 1.29 is 19.1 Å². The molecule has 0 aliphatic carbocycles. The van der Waals surface area contributed by atoms with Gasteiger partial charge in [-0.1, -0.05) is 96.6 Å². The molecule has 0 aromatic carbocycles. The van der Waals surface area contributed by atoms with Crippen LogP contribution in [0.25, 0.3) is 0 Å². The third-order valence-corrected chi connectivity index (χ3v) is 4.22. The predicted molar refractivity (Wildman–Crippen MR) is 106 cm³/mol. The maximum atomic E-state index is 11.4. The Balaban J connectivity index is 3.22. The molecule has 0 bridgehead atoms. The molecular weight excluding hydrogens is 330 g/mol. The van der Waals surface area contributed by atoms with E-state index in [1.165, 1.54) is 76.7 Å². The fourth-order valence-corrected chi connectivity index (χ4v) is 2.69. The number of unbranched alkanes of at least 4 members (excludes halogenated alkanes) is 12. The molecule has 0 unspecified atom stereocenters. The lowest BCUT2D eigenvalue weighted by molar-refractivity contribution is -0.142. The topological polar surface area (TPSA) is 64.6 Å². The van der Waals surface area contributed by atoms with Gasteiger partial charge in [0.15, 0.2) is 0 Å². The van der Waals surface area contributed by atoms with E-state index in [4.69, 9.17) is 9.47 Å². The number of hydrogen-bond donors (Lipinski definition) is 1. The minimum Gasteiger partial charge on any atom is -0.464 e. The highest BCUT2D eigenvalue weighted by atomic mass is 16.6. The van der Waals surface area contributed by atoms with Crippen molar-refractivity contribution in [1.82, 2.24) is 5.32 Å². The average Bonchev–Trinajstić information content (AvgIpc) is 2.64. The lowest BCUT2D eigenvalue weighted by Crippen LogP contribution is -2.31. The largest absolute Gasteiger partial charge is 0.464 e. The van der Waals surface area contributed by atoms with Gasteiger partial charge in [-0.15, -0.1) is 0 Å². The second kappa shape index (κ2) is 19.8. The van der Waals surface area contributed by atoms with Crippen molar-refractivity contribution in [2.45, 2.75) is 90.4 Å². The van der Waals surface area contributed by atoms with Crippen molar-refractivity contribution >= 4 is 12.1 Å². The number of amides is 1. The molecular formula is C21H39NO4. The number of alkyl carbamates (subject to hydrolysis) is 1. The Morgan fingerprint density at radius 3 is 1.81 bits per heavy atom. The van der Waals surface area contributed by atoms with Crippen molar-refractivity contribution in [2.75, 3.05) is 19.8 Å². The van der Waals surface area contributed by atoms with Crippen molar-refractivity contribution in [2.24, 2.45) is 0 Å². The highest BCUT2D eigenvalue weighted by Gasteiger charge is 2.06. The van der Waals surface area contributed by atoms with Crippen LogP contribution in [0.1, 0.15) is 90.4 Å². The molecule has 0 aliphatic rings. The average molecular weight is 370 g/mol. The van der Waals surface area contributed by atoms with Gasteiger partial charge in [0, 0.05) is 0 Å². The first-order chi connectivity index (χ1) is 12.7. The first-order valence-electron chi connectivity index (χ1n) is 10.4. The van der Waals surface area contributed by atoms with Gasteiger partial charge >= 0.3 is 12.1 Å². The first kappa shape index (κ1) is 24.5. The van der Waals surface area contributed by atoms with Crippen LogP contribution in [0, 0.1) is 0 Å². The first-order valence-corrected chi connectivity index (χ1v) is 10.4. The molecule has 1 N–H and O–H groups in total. The maximum absolute atomic E-state index is 11.4. The summed E-state index contributed by atoms with van der Waals surface area (Å²) in [5.41, 5.74) is 0. The van der Waals surface area contributed by atoms with Crippen LogP contribution >= 0.6 is 0 Å². The summed E-state index contributed by atoms with van der Waals surface area (Å²) in [6, 6.07) is 0. The quantitative estimate of drug-likeness (QED) is 0.196. The van der Waals surface area contributed by atoms with Crippen LogP contribution in [0.4, 0.5) is 4.79 Å². The monoisotopic (exact) mass is 369 g/mol. The van der Waals surface area contributed by atoms with Crippen LogP contribution in [0.2, 0.25) is 0 Å². The van der Waals surface area contributed by atoms with Gasteiger partial charge in [0.2, 0.25) is 0 Å². The summed E-state index contributed by atoms with van der Waals surface area (Å²) < 4.78 is 9.76. The van der Waals surface area contributed by atoms with Crippen molar-refractivity contribution in [3.8, 4) is 0 Å². The zero-order valence-electron chi connectivity index (χ0n) is 16.7. The lowest BCUT2D eigenvalue weighted by Gasteiger charge is -2.06. The molecule has 0 rings (SSSR count). The van der Waals surface area contributed by atoms with Gasteiger partial charge in [0.05, 0.1) is 6.61 Å². The highest BCUT2D eigenvalue weighted by molar-refractivity contribution is 5.77.